The molecule has 2 aliphatic rings. The van der Waals surface area contributed by atoms with E-state index in [2.05, 4.69) is 24.3 Å². The summed E-state index contributed by atoms with van der Waals surface area (Å²) in [4.78, 5) is 24.9. The zero-order valence-corrected chi connectivity index (χ0v) is 15.1. The fourth-order valence-electron chi connectivity index (χ4n) is 4.24. The molecule has 2 bridgehead atoms. The first-order chi connectivity index (χ1) is 11.2. The molecule has 2 aliphatic carbocycles. The molecule has 0 N–H and O–H groups in total. The van der Waals surface area contributed by atoms with Crippen molar-refractivity contribution in [1.82, 2.24) is 0 Å². The molecule has 1 aromatic carbocycles. The Hall–Kier alpha value is -1.32. The van der Waals surface area contributed by atoms with Gasteiger partial charge >= 0.3 is 143 Å². The zero-order valence-electron chi connectivity index (χ0n) is 13.4. The van der Waals surface area contributed by atoms with Gasteiger partial charge < -0.3 is 0 Å². The van der Waals surface area contributed by atoms with Crippen LogP contribution in [-0.2, 0) is 19.1 Å². The second-order valence-electron chi connectivity index (χ2n) is 6.33. The van der Waals surface area contributed by atoms with Crippen molar-refractivity contribution in [2.24, 2.45) is 23.7 Å². The minimum atomic E-state index is -0.768. The second-order valence-corrected chi connectivity index (χ2v) is 8.96. The van der Waals surface area contributed by atoms with E-state index in [0.29, 0.717) is 16.7 Å². The first kappa shape index (κ1) is 16.5. The third-order valence-electron chi connectivity index (χ3n) is 5.21. The molecule has 124 valence electrons. The van der Waals surface area contributed by atoms with Gasteiger partial charge in [-0.15, -0.1) is 0 Å². The number of fused-ring (bicyclic) bond motifs is 2. The van der Waals surface area contributed by atoms with Crippen LogP contribution in [0.5, 0.6) is 0 Å². The summed E-state index contributed by atoms with van der Waals surface area (Å²) in [6, 6.07) is 10.4. The number of carbonyl (C=O) groups is 2. The molecule has 0 amide bonds. The van der Waals surface area contributed by atoms with E-state index in [1.807, 2.05) is 6.07 Å². The predicted molar refractivity (Wildman–Crippen MR) is 87.4 cm³/mol. The van der Waals surface area contributed by atoms with Crippen molar-refractivity contribution in [2.75, 3.05) is 14.2 Å². The Morgan fingerprint density at radius 2 is 1.65 bits per heavy atom. The molecule has 0 spiro atoms. The van der Waals surface area contributed by atoms with Crippen molar-refractivity contribution in [1.29, 1.82) is 0 Å². The van der Waals surface area contributed by atoms with Crippen molar-refractivity contribution in [2.45, 2.75) is 24.1 Å². The SMILES string of the molecule is COC(=O)C(C(=O)OC)[C@H]1[C@@H]2CC[C@@H](C2)[C@@H]1[Se]c1ccccc1. The van der Waals surface area contributed by atoms with Crippen molar-refractivity contribution in [3.05, 3.63) is 30.3 Å². The van der Waals surface area contributed by atoms with E-state index < -0.39 is 17.9 Å². The molecule has 0 heterocycles. The van der Waals surface area contributed by atoms with E-state index in [9.17, 15) is 9.59 Å². The van der Waals surface area contributed by atoms with Gasteiger partial charge in [-0.3, -0.25) is 0 Å². The standard InChI is InChI=1S/C18H22O4Se/c1-21-17(19)15(18(20)22-2)14-11-8-9-12(10-11)16(14)23-13-6-4-3-5-7-13/h3-7,11-12,14-16H,8-10H2,1-2H3/t11-,12+,14-,16+/m1/s1. The number of hydrogen-bond acceptors (Lipinski definition) is 4. The molecule has 5 heteroatoms. The van der Waals surface area contributed by atoms with Crippen LogP contribution in [0.15, 0.2) is 30.3 Å². The molecule has 0 aromatic heterocycles. The number of ether oxygens (including phenoxy) is 2. The quantitative estimate of drug-likeness (QED) is 0.444. The molecule has 4 nitrogen and oxygen atoms in total. The maximum atomic E-state index is 12.3. The van der Waals surface area contributed by atoms with Gasteiger partial charge in [-0.05, 0) is 0 Å². The molecule has 0 saturated heterocycles. The van der Waals surface area contributed by atoms with Gasteiger partial charge in [0.05, 0.1) is 0 Å². The predicted octanol–water partition coefficient (Wildman–Crippen LogP) is 1.81. The third-order valence-corrected chi connectivity index (χ3v) is 8.39. The summed E-state index contributed by atoms with van der Waals surface area (Å²) in [6.07, 6.45) is 3.46. The zero-order chi connectivity index (χ0) is 16.4. The van der Waals surface area contributed by atoms with Gasteiger partial charge in [0.1, 0.15) is 0 Å². The van der Waals surface area contributed by atoms with Crippen LogP contribution in [0.4, 0.5) is 0 Å². The topological polar surface area (TPSA) is 52.6 Å². The monoisotopic (exact) mass is 382 g/mol. The molecule has 2 saturated carbocycles. The van der Waals surface area contributed by atoms with Crippen molar-refractivity contribution in [3.8, 4) is 0 Å². The van der Waals surface area contributed by atoms with Crippen LogP contribution >= 0.6 is 0 Å². The number of rotatable bonds is 5. The number of esters is 2. The Bertz CT molecular complexity index is 558. The Labute approximate surface area is 143 Å². The van der Waals surface area contributed by atoms with Crippen molar-refractivity contribution in [3.63, 3.8) is 0 Å². The Balaban J connectivity index is 1.87. The molecule has 0 unspecified atom stereocenters. The first-order valence-electron chi connectivity index (χ1n) is 8.03. The van der Waals surface area contributed by atoms with Gasteiger partial charge in [-0.2, -0.15) is 0 Å². The summed E-state index contributed by atoms with van der Waals surface area (Å²) in [5, 5.41) is 0. The van der Waals surface area contributed by atoms with Gasteiger partial charge in [-0.25, -0.2) is 0 Å². The number of hydrogen-bond donors (Lipinski definition) is 0. The van der Waals surface area contributed by atoms with Crippen LogP contribution in [0, 0.1) is 23.7 Å². The fraction of sp³-hybridized carbons (Fsp3) is 0.556. The first-order valence-corrected chi connectivity index (χ1v) is 9.87. The molecule has 3 rings (SSSR count). The van der Waals surface area contributed by atoms with Crippen LogP contribution in [0.1, 0.15) is 19.3 Å². The van der Waals surface area contributed by atoms with Crippen molar-refractivity contribution >= 4 is 31.4 Å². The van der Waals surface area contributed by atoms with Gasteiger partial charge in [0.25, 0.3) is 0 Å². The molecule has 2 fully saturated rings. The molecule has 0 radical (unpaired) electrons. The average molecular weight is 381 g/mol. The summed E-state index contributed by atoms with van der Waals surface area (Å²) < 4.78 is 11.2. The minimum absolute atomic E-state index is 0.0638. The number of carbonyl (C=O) groups excluding carboxylic acids is 2. The summed E-state index contributed by atoms with van der Waals surface area (Å²) in [5.74, 6) is -0.517. The van der Waals surface area contributed by atoms with E-state index in [4.69, 9.17) is 9.47 Å². The van der Waals surface area contributed by atoms with E-state index in [-0.39, 0.29) is 20.9 Å². The van der Waals surface area contributed by atoms with Crippen molar-refractivity contribution < 1.29 is 19.1 Å². The molecular weight excluding hydrogens is 359 g/mol. The number of methoxy groups -OCH3 is 2. The maximum absolute atomic E-state index is 12.3. The number of benzene rings is 1. The summed E-state index contributed by atoms with van der Waals surface area (Å²) in [5.41, 5.74) is 0. The molecule has 1 aromatic rings. The van der Waals surface area contributed by atoms with E-state index in [1.54, 1.807) is 0 Å². The third kappa shape index (κ3) is 3.17. The van der Waals surface area contributed by atoms with E-state index in [1.165, 1.54) is 25.1 Å². The molecule has 23 heavy (non-hydrogen) atoms. The van der Waals surface area contributed by atoms with E-state index >= 15 is 0 Å². The summed E-state index contributed by atoms with van der Waals surface area (Å²) in [7, 11) is 2.70. The van der Waals surface area contributed by atoms with Crippen LogP contribution < -0.4 is 4.46 Å². The van der Waals surface area contributed by atoms with Crippen LogP contribution in [-0.4, -0.2) is 41.1 Å². The van der Waals surface area contributed by atoms with Gasteiger partial charge in [0.2, 0.25) is 0 Å². The Morgan fingerprint density at radius 3 is 2.26 bits per heavy atom. The van der Waals surface area contributed by atoms with Gasteiger partial charge in [0.15, 0.2) is 0 Å². The Kier molecular flexibility index (Phi) is 5.08. The molecule has 0 aliphatic heterocycles. The van der Waals surface area contributed by atoms with Gasteiger partial charge in [-0.1, -0.05) is 0 Å². The second kappa shape index (κ2) is 7.06. The average Bonchev–Trinajstić information content (AvgIpc) is 3.18. The molecular formula is C18H22O4Se. The molecule has 4 atom stereocenters. The summed E-state index contributed by atoms with van der Waals surface area (Å²) in [6.45, 7) is 0. The van der Waals surface area contributed by atoms with Crippen LogP contribution in [0.2, 0.25) is 4.82 Å². The fourth-order valence-corrected chi connectivity index (χ4v) is 7.61. The summed E-state index contributed by atoms with van der Waals surface area (Å²) >= 11 is 0.256. The van der Waals surface area contributed by atoms with Crippen LogP contribution in [0.25, 0.3) is 0 Å². The Morgan fingerprint density at radius 1 is 1.04 bits per heavy atom. The normalized spacial score (nSPS) is 28.8. The van der Waals surface area contributed by atoms with Crippen LogP contribution in [0.3, 0.4) is 0 Å². The van der Waals surface area contributed by atoms with E-state index in [0.717, 1.165) is 12.8 Å². The van der Waals surface area contributed by atoms with Gasteiger partial charge in [0, 0.05) is 0 Å².